The van der Waals surface area contributed by atoms with Gasteiger partial charge in [-0.3, -0.25) is 9.69 Å². The Kier molecular flexibility index (Phi) is 15.4. The standard InChI is InChI=1S/C29H42N4OS.C4H10.C2H6/c1-6-10-21-16-32(17-21)24-18-33(19-24)35-25-14-13-23(12-8-3)26(15-25)28-30-27(20(5)29(34)31-28)22(9-4)11-7-2;1-4(2)3;1-2/h9,13-15,21,24H,6-8,10-12,16-19H2,1-5H3,(H,30,31,34);4H,1-3H3;1-2H3. The van der Waals surface area contributed by atoms with Gasteiger partial charge in [0, 0.05) is 48.2 Å². The topological polar surface area (TPSA) is 52.2 Å². The van der Waals surface area contributed by atoms with Crippen LogP contribution >= 0.6 is 11.9 Å². The molecule has 0 radical (unpaired) electrons. The lowest BCUT2D eigenvalue weighted by Gasteiger charge is -2.51. The molecule has 1 aromatic heterocycles. The zero-order valence-corrected chi connectivity index (χ0v) is 28.6. The van der Waals surface area contributed by atoms with Crippen LogP contribution in [0, 0.1) is 18.8 Å². The molecule has 2 saturated heterocycles. The Hall–Kier alpha value is -1.89. The first-order chi connectivity index (χ1) is 19.7. The number of likely N-dealkylation sites (tertiary alicyclic amines) is 1. The second-order valence-electron chi connectivity index (χ2n) is 12.0. The number of aryl methyl sites for hydroxylation is 1. The van der Waals surface area contributed by atoms with Crippen molar-refractivity contribution in [3.63, 3.8) is 0 Å². The predicted octanol–water partition coefficient (Wildman–Crippen LogP) is 9.01. The van der Waals surface area contributed by atoms with E-state index in [4.69, 9.17) is 4.98 Å². The molecular weight excluding hydrogens is 524 g/mol. The van der Waals surface area contributed by atoms with Crippen molar-refractivity contribution in [3.8, 4) is 11.4 Å². The van der Waals surface area contributed by atoms with Gasteiger partial charge in [-0.15, -0.1) is 0 Å². The number of aromatic amines is 1. The molecule has 0 spiro atoms. The molecule has 1 N–H and O–H groups in total. The van der Waals surface area contributed by atoms with Crippen molar-refractivity contribution in [1.29, 1.82) is 0 Å². The van der Waals surface area contributed by atoms with Crippen LogP contribution in [0.3, 0.4) is 0 Å². The summed E-state index contributed by atoms with van der Waals surface area (Å²) < 4.78 is 2.46. The van der Waals surface area contributed by atoms with Crippen LogP contribution in [0.2, 0.25) is 0 Å². The van der Waals surface area contributed by atoms with Crippen LogP contribution in [0.5, 0.6) is 0 Å². The summed E-state index contributed by atoms with van der Waals surface area (Å²) in [5.41, 5.74) is 4.97. The van der Waals surface area contributed by atoms with Crippen molar-refractivity contribution in [2.24, 2.45) is 11.8 Å². The van der Waals surface area contributed by atoms with E-state index < -0.39 is 0 Å². The molecule has 230 valence electrons. The molecule has 0 aliphatic carbocycles. The zero-order valence-electron chi connectivity index (χ0n) is 27.8. The van der Waals surface area contributed by atoms with Crippen LogP contribution in [-0.2, 0) is 6.42 Å². The third-order valence-corrected chi connectivity index (χ3v) is 8.46. The molecule has 2 fully saturated rings. The van der Waals surface area contributed by atoms with Gasteiger partial charge >= 0.3 is 0 Å². The fourth-order valence-corrected chi connectivity index (χ4v) is 6.42. The highest BCUT2D eigenvalue weighted by atomic mass is 32.2. The second-order valence-corrected chi connectivity index (χ2v) is 13.1. The van der Waals surface area contributed by atoms with E-state index in [1.165, 1.54) is 36.4 Å². The van der Waals surface area contributed by atoms with Crippen LogP contribution in [-0.4, -0.2) is 51.4 Å². The summed E-state index contributed by atoms with van der Waals surface area (Å²) in [5.74, 6) is 2.45. The molecular formula is C35H58N4OS. The van der Waals surface area contributed by atoms with Gasteiger partial charge in [-0.1, -0.05) is 86.8 Å². The smallest absolute Gasteiger partial charge is 0.254 e. The van der Waals surface area contributed by atoms with Crippen molar-refractivity contribution in [3.05, 3.63) is 51.4 Å². The maximum atomic E-state index is 12.9. The molecule has 2 aliphatic rings. The van der Waals surface area contributed by atoms with E-state index in [1.54, 1.807) is 0 Å². The fourth-order valence-electron chi connectivity index (χ4n) is 5.33. The van der Waals surface area contributed by atoms with Crippen molar-refractivity contribution in [2.45, 2.75) is 119 Å². The second kappa shape index (κ2) is 17.9. The number of nitrogens with zero attached hydrogens (tertiary/aromatic N) is 3. The van der Waals surface area contributed by atoms with Gasteiger partial charge in [0.05, 0.1) is 5.69 Å². The van der Waals surface area contributed by atoms with Gasteiger partial charge in [0.2, 0.25) is 0 Å². The summed E-state index contributed by atoms with van der Waals surface area (Å²) in [6.45, 7) is 25.9. The summed E-state index contributed by atoms with van der Waals surface area (Å²) in [6, 6.07) is 7.40. The molecule has 1 aromatic carbocycles. The summed E-state index contributed by atoms with van der Waals surface area (Å²) in [7, 11) is 0. The highest BCUT2D eigenvalue weighted by Crippen LogP contribution is 2.35. The third kappa shape index (κ3) is 10.1. The fraction of sp³-hybridized carbons (Fsp3) is 0.657. The lowest BCUT2D eigenvalue weighted by Crippen LogP contribution is -2.63. The van der Waals surface area contributed by atoms with Gasteiger partial charge in [-0.25, -0.2) is 9.29 Å². The lowest BCUT2D eigenvalue weighted by molar-refractivity contribution is -0.000646. The number of nitrogens with one attached hydrogen (secondary N) is 1. The Labute approximate surface area is 255 Å². The summed E-state index contributed by atoms with van der Waals surface area (Å²) in [5, 5.41) is 0. The van der Waals surface area contributed by atoms with E-state index >= 15 is 0 Å². The average molecular weight is 583 g/mol. The van der Waals surface area contributed by atoms with Crippen molar-refractivity contribution >= 4 is 17.5 Å². The molecule has 41 heavy (non-hydrogen) atoms. The summed E-state index contributed by atoms with van der Waals surface area (Å²) >= 11 is 1.84. The Balaban J connectivity index is 0.000000902. The maximum absolute atomic E-state index is 12.9. The Morgan fingerprint density at radius 3 is 2.29 bits per heavy atom. The van der Waals surface area contributed by atoms with Crippen LogP contribution < -0.4 is 5.56 Å². The monoisotopic (exact) mass is 582 g/mol. The van der Waals surface area contributed by atoms with Gasteiger partial charge in [0.1, 0.15) is 5.82 Å². The Morgan fingerprint density at radius 2 is 1.73 bits per heavy atom. The van der Waals surface area contributed by atoms with E-state index in [1.807, 2.05) is 39.6 Å². The molecule has 3 heterocycles. The van der Waals surface area contributed by atoms with E-state index in [9.17, 15) is 4.79 Å². The SMILES string of the molecule is CC.CC(C)C.CC=C(CCC)c1nc(-c2cc(SN3CC(N4CC(CCC)C4)C3)ccc2CCC)[nH]c(=O)c1C. The van der Waals surface area contributed by atoms with E-state index in [2.05, 4.69) is 80.0 Å². The molecule has 0 amide bonds. The maximum Gasteiger partial charge on any atom is 0.254 e. The number of hydrogen-bond acceptors (Lipinski definition) is 5. The minimum atomic E-state index is -0.0394. The molecule has 5 nitrogen and oxygen atoms in total. The molecule has 0 atom stereocenters. The van der Waals surface area contributed by atoms with Gasteiger partial charge in [0.25, 0.3) is 5.56 Å². The first-order valence-corrected chi connectivity index (χ1v) is 17.0. The van der Waals surface area contributed by atoms with Gasteiger partial charge in [-0.2, -0.15) is 0 Å². The minimum Gasteiger partial charge on any atom is -0.306 e. The number of allylic oxidation sites excluding steroid dienone is 2. The van der Waals surface area contributed by atoms with Gasteiger partial charge < -0.3 is 4.98 Å². The summed E-state index contributed by atoms with van der Waals surface area (Å²) in [4.78, 5) is 24.9. The van der Waals surface area contributed by atoms with E-state index in [0.29, 0.717) is 17.4 Å². The zero-order chi connectivity index (χ0) is 30.5. The van der Waals surface area contributed by atoms with Gasteiger partial charge in [0.15, 0.2) is 0 Å². The van der Waals surface area contributed by atoms with Crippen LogP contribution in [0.1, 0.15) is 111 Å². The lowest BCUT2D eigenvalue weighted by atomic mass is 9.92. The number of hydrogen-bond donors (Lipinski definition) is 1. The highest BCUT2D eigenvalue weighted by molar-refractivity contribution is 7.97. The number of benzene rings is 1. The predicted molar refractivity (Wildman–Crippen MR) is 181 cm³/mol. The van der Waals surface area contributed by atoms with E-state index in [-0.39, 0.29) is 5.56 Å². The first-order valence-electron chi connectivity index (χ1n) is 16.3. The van der Waals surface area contributed by atoms with Crippen molar-refractivity contribution in [1.82, 2.24) is 19.2 Å². The Morgan fingerprint density at radius 1 is 1.07 bits per heavy atom. The Bertz CT molecular complexity index is 1140. The molecule has 6 heteroatoms. The number of H-pyrrole nitrogens is 1. The summed E-state index contributed by atoms with van der Waals surface area (Å²) in [6.07, 6.45) is 8.77. The number of aromatic nitrogens is 2. The molecule has 0 saturated carbocycles. The number of rotatable bonds is 11. The largest absolute Gasteiger partial charge is 0.306 e. The normalized spacial score (nSPS) is 16.4. The highest BCUT2D eigenvalue weighted by Gasteiger charge is 2.38. The molecule has 0 unspecified atom stereocenters. The average Bonchev–Trinajstić information content (AvgIpc) is 2.90. The van der Waals surface area contributed by atoms with Gasteiger partial charge in [-0.05, 0) is 80.2 Å². The van der Waals surface area contributed by atoms with Crippen molar-refractivity contribution < 1.29 is 0 Å². The van der Waals surface area contributed by atoms with Crippen LogP contribution in [0.4, 0.5) is 0 Å². The van der Waals surface area contributed by atoms with E-state index in [0.717, 1.165) is 67.4 Å². The quantitative estimate of drug-likeness (QED) is 0.268. The first kappa shape index (κ1) is 35.3. The minimum absolute atomic E-state index is 0.0394. The van der Waals surface area contributed by atoms with Crippen molar-refractivity contribution in [2.75, 3.05) is 26.2 Å². The molecule has 2 aromatic rings. The molecule has 2 aliphatic heterocycles. The molecule has 4 rings (SSSR count). The van der Waals surface area contributed by atoms with Crippen LogP contribution in [0.15, 0.2) is 34.0 Å². The van der Waals surface area contributed by atoms with Crippen LogP contribution in [0.25, 0.3) is 17.0 Å². The third-order valence-electron chi connectivity index (χ3n) is 7.44. The molecule has 0 bridgehead atoms.